The minimum atomic E-state index is -0.218. The predicted molar refractivity (Wildman–Crippen MR) is 60.8 cm³/mol. The normalized spacial score (nSPS) is 19.2. The predicted octanol–water partition coefficient (Wildman–Crippen LogP) is -0.485. The maximum absolute atomic E-state index is 12.0. The molecule has 1 aromatic rings. The van der Waals surface area contributed by atoms with Crippen LogP contribution < -0.4 is 5.32 Å². The summed E-state index contributed by atoms with van der Waals surface area (Å²) in [6, 6.07) is 0. The third-order valence-electron chi connectivity index (χ3n) is 2.88. The second-order valence-electron chi connectivity index (χ2n) is 4.42. The van der Waals surface area contributed by atoms with Crippen LogP contribution in [0.2, 0.25) is 0 Å². The van der Waals surface area contributed by atoms with Crippen LogP contribution in [0.15, 0.2) is 12.4 Å². The van der Waals surface area contributed by atoms with Crippen LogP contribution in [0.25, 0.3) is 0 Å². The van der Waals surface area contributed by atoms with Crippen molar-refractivity contribution in [3.8, 4) is 0 Å². The molecule has 92 valence electrons. The summed E-state index contributed by atoms with van der Waals surface area (Å²) in [6.45, 7) is 0.979. The molecule has 2 amide bonds. The van der Waals surface area contributed by atoms with Crippen molar-refractivity contribution >= 4 is 11.8 Å². The number of hydrogen-bond donors (Lipinski definition) is 1. The number of amides is 2. The van der Waals surface area contributed by atoms with E-state index in [1.807, 2.05) is 13.2 Å². The van der Waals surface area contributed by atoms with E-state index in [2.05, 4.69) is 10.4 Å². The lowest BCUT2D eigenvalue weighted by atomic mass is 10.1. The third-order valence-corrected chi connectivity index (χ3v) is 2.88. The second-order valence-corrected chi connectivity index (χ2v) is 4.42. The fourth-order valence-electron chi connectivity index (χ4n) is 2.00. The van der Waals surface area contributed by atoms with E-state index >= 15 is 0 Å². The molecule has 1 aromatic heterocycles. The first kappa shape index (κ1) is 11.6. The minimum absolute atomic E-state index is 0.00667. The Morgan fingerprint density at radius 1 is 1.71 bits per heavy atom. The number of aryl methyl sites for hydroxylation is 1. The molecule has 0 saturated carbocycles. The highest BCUT2D eigenvalue weighted by atomic mass is 16.2. The molecule has 0 radical (unpaired) electrons. The summed E-state index contributed by atoms with van der Waals surface area (Å²) in [5, 5.41) is 6.72. The van der Waals surface area contributed by atoms with Crippen molar-refractivity contribution in [1.82, 2.24) is 20.0 Å². The number of rotatable bonds is 3. The first-order valence-corrected chi connectivity index (χ1v) is 5.55. The summed E-state index contributed by atoms with van der Waals surface area (Å²) >= 11 is 0. The third kappa shape index (κ3) is 2.64. The van der Waals surface area contributed by atoms with E-state index < -0.39 is 0 Å². The van der Waals surface area contributed by atoms with Crippen LogP contribution in [-0.2, 0) is 23.2 Å². The lowest BCUT2D eigenvalue weighted by Crippen LogP contribution is -2.33. The highest BCUT2D eigenvalue weighted by Crippen LogP contribution is 2.13. The molecule has 1 saturated heterocycles. The zero-order valence-corrected chi connectivity index (χ0v) is 10.0. The molecular weight excluding hydrogens is 220 g/mol. The van der Waals surface area contributed by atoms with Crippen molar-refractivity contribution in [3.05, 3.63) is 18.0 Å². The Labute approximate surface area is 99.6 Å². The average Bonchev–Trinajstić information content (AvgIpc) is 2.87. The molecule has 17 heavy (non-hydrogen) atoms. The van der Waals surface area contributed by atoms with Crippen LogP contribution in [-0.4, -0.2) is 40.1 Å². The van der Waals surface area contributed by atoms with Crippen molar-refractivity contribution < 1.29 is 9.59 Å². The SMILES string of the molecule is CN(Cc1cnn(C)c1)C(=O)C1CNC(=O)C1. The highest BCUT2D eigenvalue weighted by molar-refractivity contribution is 5.89. The molecule has 2 heterocycles. The van der Waals surface area contributed by atoms with Gasteiger partial charge in [0.25, 0.3) is 0 Å². The van der Waals surface area contributed by atoms with Gasteiger partial charge in [0, 0.05) is 45.4 Å². The molecule has 6 nitrogen and oxygen atoms in total. The van der Waals surface area contributed by atoms with E-state index in [1.54, 1.807) is 22.8 Å². The number of carbonyl (C=O) groups excluding carboxylic acids is 2. The zero-order chi connectivity index (χ0) is 12.4. The molecule has 1 atom stereocenters. The van der Waals surface area contributed by atoms with Gasteiger partial charge in [0.1, 0.15) is 0 Å². The van der Waals surface area contributed by atoms with Crippen molar-refractivity contribution in [2.75, 3.05) is 13.6 Å². The molecule has 0 aromatic carbocycles. The summed E-state index contributed by atoms with van der Waals surface area (Å²) in [5.41, 5.74) is 0.987. The van der Waals surface area contributed by atoms with Crippen molar-refractivity contribution in [2.24, 2.45) is 13.0 Å². The van der Waals surface area contributed by atoms with E-state index in [0.717, 1.165) is 5.56 Å². The lowest BCUT2D eigenvalue weighted by molar-refractivity contribution is -0.135. The van der Waals surface area contributed by atoms with Crippen molar-refractivity contribution in [1.29, 1.82) is 0 Å². The topological polar surface area (TPSA) is 67.2 Å². The molecule has 2 rings (SSSR count). The summed E-state index contributed by atoms with van der Waals surface area (Å²) in [7, 11) is 3.59. The quantitative estimate of drug-likeness (QED) is 0.770. The van der Waals surface area contributed by atoms with Crippen LogP contribution in [0, 0.1) is 5.92 Å². The van der Waals surface area contributed by atoms with Gasteiger partial charge in [0.15, 0.2) is 0 Å². The van der Waals surface area contributed by atoms with Gasteiger partial charge in [-0.3, -0.25) is 14.3 Å². The lowest BCUT2D eigenvalue weighted by Gasteiger charge is -2.19. The molecule has 0 bridgehead atoms. The van der Waals surface area contributed by atoms with Gasteiger partial charge < -0.3 is 10.2 Å². The summed E-state index contributed by atoms with van der Waals surface area (Å²) in [5.74, 6) is -0.255. The molecule has 0 spiro atoms. The molecule has 1 aliphatic heterocycles. The summed E-state index contributed by atoms with van der Waals surface area (Å²) in [4.78, 5) is 24.7. The number of nitrogens with one attached hydrogen (secondary N) is 1. The maximum Gasteiger partial charge on any atom is 0.228 e. The monoisotopic (exact) mass is 236 g/mol. The van der Waals surface area contributed by atoms with Crippen LogP contribution in [0.1, 0.15) is 12.0 Å². The Hall–Kier alpha value is -1.85. The Bertz CT molecular complexity index is 440. The summed E-state index contributed by atoms with van der Waals surface area (Å²) < 4.78 is 1.70. The zero-order valence-electron chi connectivity index (χ0n) is 10.0. The first-order chi connectivity index (χ1) is 8.06. The van der Waals surface area contributed by atoms with Crippen LogP contribution in [0.4, 0.5) is 0 Å². The summed E-state index contributed by atoms with van der Waals surface area (Å²) in [6.07, 6.45) is 3.92. The van der Waals surface area contributed by atoms with Gasteiger partial charge >= 0.3 is 0 Å². The molecule has 0 aliphatic carbocycles. The van der Waals surface area contributed by atoms with E-state index in [1.165, 1.54) is 0 Å². The molecule has 1 aliphatic rings. The van der Waals surface area contributed by atoms with Gasteiger partial charge in [-0.2, -0.15) is 5.10 Å². The van der Waals surface area contributed by atoms with E-state index in [4.69, 9.17) is 0 Å². The van der Waals surface area contributed by atoms with Gasteiger partial charge in [-0.05, 0) is 0 Å². The fraction of sp³-hybridized carbons (Fsp3) is 0.545. The number of hydrogen-bond acceptors (Lipinski definition) is 3. The van der Waals surface area contributed by atoms with Gasteiger partial charge in [-0.15, -0.1) is 0 Å². The Balaban J connectivity index is 1.93. The van der Waals surface area contributed by atoms with Gasteiger partial charge in [0.05, 0.1) is 12.1 Å². The standard InChI is InChI=1S/C11H16N4O2/c1-14(6-8-4-13-15(2)7-8)11(17)9-3-10(16)12-5-9/h4,7,9H,3,5-6H2,1-2H3,(H,12,16). The van der Waals surface area contributed by atoms with Gasteiger partial charge in [-0.25, -0.2) is 0 Å². The van der Waals surface area contributed by atoms with Gasteiger partial charge in [0.2, 0.25) is 11.8 Å². The highest BCUT2D eigenvalue weighted by Gasteiger charge is 2.29. The number of aromatic nitrogens is 2. The largest absolute Gasteiger partial charge is 0.355 e. The Morgan fingerprint density at radius 2 is 2.47 bits per heavy atom. The minimum Gasteiger partial charge on any atom is -0.355 e. The second kappa shape index (κ2) is 4.57. The average molecular weight is 236 g/mol. The molecular formula is C11H16N4O2. The molecule has 6 heteroatoms. The van der Waals surface area contributed by atoms with Crippen LogP contribution >= 0.6 is 0 Å². The molecule has 1 N–H and O–H groups in total. The van der Waals surface area contributed by atoms with Crippen molar-refractivity contribution in [2.45, 2.75) is 13.0 Å². The Morgan fingerprint density at radius 3 is 3.00 bits per heavy atom. The van der Waals surface area contributed by atoms with Crippen LogP contribution in [0.5, 0.6) is 0 Å². The smallest absolute Gasteiger partial charge is 0.228 e. The van der Waals surface area contributed by atoms with E-state index in [9.17, 15) is 9.59 Å². The van der Waals surface area contributed by atoms with Crippen molar-refractivity contribution in [3.63, 3.8) is 0 Å². The van der Waals surface area contributed by atoms with E-state index in [-0.39, 0.29) is 17.7 Å². The van der Waals surface area contributed by atoms with Gasteiger partial charge in [-0.1, -0.05) is 0 Å². The molecule has 1 fully saturated rings. The van der Waals surface area contributed by atoms with E-state index in [0.29, 0.717) is 19.5 Å². The Kier molecular flexibility index (Phi) is 3.12. The number of carbonyl (C=O) groups is 2. The van der Waals surface area contributed by atoms with Crippen LogP contribution in [0.3, 0.4) is 0 Å². The maximum atomic E-state index is 12.0. The molecule has 1 unspecified atom stereocenters. The fourth-order valence-corrected chi connectivity index (χ4v) is 2.00. The number of nitrogens with zero attached hydrogens (tertiary/aromatic N) is 3. The first-order valence-electron chi connectivity index (χ1n) is 5.55.